The lowest BCUT2D eigenvalue weighted by atomic mass is 10.3. The highest BCUT2D eigenvalue weighted by Gasteiger charge is 2.06. The summed E-state index contributed by atoms with van der Waals surface area (Å²) in [6, 6.07) is 3.47. The number of aromatic nitrogens is 2. The first-order valence-corrected chi connectivity index (χ1v) is 7.29. The second-order valence-electron chi connectivity index (χ2n) is 4.47. The van der Waals surface area contributed by atoms with E-state index in [1.807, 2.05) is 6.92 Å². The Bertz CT molecular complexity index is 389. The molecule has 1 aromatic rings. The first-order valence-electron chi connectivity index (χ1n) is 7.29. The lowest BCUT2D eigenvalue weighted by Crippen LogP contribution is -2.25. The Hall–Kier alpha value is -1.69. The van der Waals surface area contributed by atoms with E-state index >= 15 is 0 Å². The van der Waals surface area contributed by atoms with E-state index in [0.717, 1.165) is 32.6 Å². The van der Waals surface area contributed by atoms with Gasteiger partial charge in [-0.05, 0) is 45.1 Å². The SMILES string of the molecule is CCNC(=O)c1ccc(NCCCN(CC)CC)nn1. The van der Waals surface area contributed by atoms with Crippen LogP contribution in [-0.4, -0.2) is 53.7 Å². The number of hydrogen-bond donors (Lipinski definition) is 2. The molecule has 0 aliphatic rings. The highest BCUT2D eigenvalue weighted by Crippen LogP contribution is 2.02. The van der Waals surface area contributed by atoms with Gasteiger partial charge in [0.15, 0.2) is 5.69 Å². The number of nitrogens with zero attached hydrogens (tertiary/aromatic N) is 3. The summed E-state index contributed by atoms with van der Waals surface area (Å²) >= 11 is 0. The standard InChI is InChI=1S/C14H25N5O/c1-4-15-14(20)12-8-9-13(18-17-12)16-10-7-11-19(5-2)6-3/h8-9H,4-7,10-11H2,1-3H3,(H,15,20)(H,16,18). The van der Waals surface area contributed by atoms with Crippen LogP contribution < -0.4 is 10.6 Å². The molecule has 6 heteroatoms. The molecule has 1 aromatic heterocycles. The molecular weight excluding hydrogens is 254 g/mol. The van der Waals surface area contributed by atoms with Crippen LogP contribution in [0.3, 0.4) is 0 Å². The Morgan fingerprint density at radius 3 is 2.50 bits per heavy atom. The van der Waals surface area contributed by atoms with Gasteiger partial charge in [0.2, 0.25) is 0 Å². The second-order valence-corrected chi connectivity index (χ2v) is 4.47. The summed E-state index contributed by atoms with van der Waals surface area (Å²) in [6.45, 7) is 10.9. The maximum atomic E-state index is 11.5. The van der Waals surface area contributed by atoms with E-state index in [2.05, 4.69) is 39.6 Å². The van der Waals surface area contributed by atoms with Crippen molar-refractivity contribution >= 4 is 11.7 Å². The molecule has 0 aromatic carbocycles. The van der Waals surface area contributed by atoms with Gasteiger partial charge in [0.25, 0.3) is 5.91 Å². The van der Waals surface area contributed by atoms with Crippen molar-refractivity contribution < 1.29 is 4.79 Å². The third-order valence-electron chi connectivity index (χ3n) is 3.09. The maximum Gasteiger partial charge on any atom is 0.271 e. The molecule has 0 bridgehead atoms. The molecular formula is C14H25N5O. The third kappa shape index (κ3) is 5.52. The first-order chi connectivity index (χ1) is 9.71. The highest BCUT2D eigenvalue weighted by molar-refractivity contribution is 5.92. The van der Waals surface area contributed by atoms with Crippen LogP contribution >= 0.6 is 0 Å². The molecule has 1 heterocycles. The topological polar surface area (TPSA) is 70.2 Å². The smallest absolute Gasteiger partial charge is 0.271 e. The van der Waals surface area contributed by atoms with Crippen molar-refractivity contribution in [1.29, 1.82) is 0 Å². The number of hydrogen-bond acceptors (Lipinski definition) is 5. The molecule has 20 heavy (non-hydrogen) atoms. The van der Waals surface area contributed by atoms with Crippen LogP contribution in [0, 0.1) is 0 Å². The zero-order valence-corrected chi connectivity index (χ0v) is 12.6. The van der Waals surface area contributed by atoms with E-state index in [0.29, 0.717) is 18.1 Å². The molecule has 1 rings (SSSR count). The Morgan fingerprint density at radius 1 is 1.20 bits per heavy atom. The Kier molecular flexibility index (Phi) is 7.57. The van der Waals surface area contributed by atoms with E-state index in [4.69, 9.17) is 0 Å². The van der Waals surface area contributed by atoms with Crippen LogP contribution in [0.4, 0.5) is 5.82 Å². The molecule has 0 radical (unpaired) electrons. The van der Waals surface area contributed by atoms with Crippen molar-refractivity contribution in [3.8, 4) is 0 Å². The summed E-state index contributed by atoms with van der Waals surface area (Å²) in [5.41, 5.74) is 0.348. The third-order valence-corrected chi connectivity index (χ3v) is 3.09. The largest absolute Gasteiger partial charge is 0.369 e. The fourth-order valence-corrected chi connectivity index (χ4v) is 1.86. The monoisotopic (exact) mass is 279 g/mol. The number of rotatable bonds is 9. The van der Waals surface area contributed by atoms with Gasteiger partial charge >= 0.3 is 0 Å². The van der Waals surface area contributed by atoms with Gasteiger partial charge in [0.05, 0.1) is 0 Å². The molecule has 6 nitrogen and oxygen atoms in total. The van der Waals surface area contributed by atoms with Crippen molar-refractivity contribution in [3.05, 3.63) is 17.8 Å². The molecule has 2 N–H and O–H groups in total. The lowest BCUT2D eigenvalue weighted by Gasteiger charge is -2.17. The van der Waals surface area contributed by atoms with Crippen molar-refractivity contribution in [2.75, 3.05) is 38.0 Å². The molecule has 0 spiro atoms. The number of anilines is 1. The van der Waals surface area contributed by atoms with Crippen molar-refractivity contribution in [3.63, 3.8) is 0 Å². The molecule has 1 amide bonds. The normalized spacial score (nSPS) is 10.6. The summed E-state index contributed by atoms with van der Waals surface area (Å²) < 4.78 is 0. The molecule has 0 fully saturated rings. The minimum Gasteiger partial charge on any atom is -0.369 e. The Balaban J connectivity index is 2.33. The van der Waals surface area contributed by atoms with Gasteiger partial charge < -0.3 is 15.5 Å². The average Bonchev–Trinajstić information content (AvgIpc) is 2.48. The zero-order valence-electron chi connectivity index (χ0n) is 12.6. The fourth-order valence-electron chi connectivity index (χ4n) is 1.86. The lowest BCUT2D eigenvalue weighted by molar-refractivity contribution is 0.0950. The zero-order chi connectivity index (χ0) is 14.8. The van der Waals surface area contributed by atoms with Gasteiger partial charge in [-0.3, -0.25) is 4.79 Å². The molecule has 0 saturated carbocycles. The average molecular weight is 279 g/mol. The minimum atomic E-state index is -0.187. The molecule has 0 unspecified atom stereocenters. The van der Waals surface area contributed by atoms with E-state index < -0.39 is 0 Å². The second kappa shape index (κ2) is 9.25. The minimum absolute atomic E-state index is 0.187. The maximum absolute atomic E-state index is 11.5. The van der Waals surface area contributed by atoms with Gasteiger partial charge in [-0.15, -0.1) is 10.2 Å². The summed E-state index contributed by atoms with van der Waals surface area (Å²) in [5, 5.41) is 13.8. The Labute approximate surface area is 121 Å². The fraction of sp³-hybridized carbons (Fsp3) is 0.643. The van der Waals surface area contributed by atoms with Crippen molar-refractivity contribution in [2.24, 2.45) is 0 Å². The van der Waals surface area contributed by atoms with Gasteiger partial charge in [0, 0.05) is 13.1 Å². The highest BCUT2D eigenvalue weighted by atomic mass is 16.1. The van der Waals surface area contributed by atoms with E-state index in [9.17, 15) is 4.79 Å². The number of carbonyl (C=O) groups is 1. The van der Waals surface area contributed by atoms with Gasteiger partial charge in [-0.1, -0.05) is 13.8 Å². The molecule has 112 valence electrons. The van der Waals surface area contributed by atoms with Crippen LogP contribution in [-0.2, 0) is 0 Å². The summed E-state index contributed by atoms with van der Waals surface area (Å²) in [5.74, 6) is 0.519. The van der Waals surface area contributed by atoms with Crippen LogP contribution in [0.5, 0.6) is 0 Å². The molecule has 0 atom stereocenters. The van der Waals surface area contributed by atoms with E-state index in [1.54, 1.807) is 12.1 Å². The summed E-state index contributed by atoms with van der Waals surface area (Å²) in [7, 11) is 0. The molecule has 0 saturated heterocycles. The van der Waals surface area contributed by atoms with Crippen LogP contribution in [0.15, 0.2) is 12.1 Å². The molecule has 0 aliphatic heterocycles. The predicted molar refractivity (Wildman–Crippen MR) is 80.9 cm³/mol. The first kappa shape index (κ1) is 16.4. The van der Waals surface area contributed by atoms with Gasteiger partial charge in [0.1, 0.15) is 5.82 Å². The van der Waals surface area contributed by atoms with E-state index in [1.165, 1.54) is 0 Å². The summed E-state index contributed by atoms with van der Waals surface area (Å²) in [6.07, 6.45) is 1.06. The van der Waals surface area contributed by atoms with E-state index in [-0.39, 0.29) is 5.91 Å². The van der Waals surface area contributed by atoms with Crippen molar-refractivity contribution in [1.82, 2.24) is 20.4 Å². The number of carbonyl (C=O) groups excluding carboxylic acids is 1. The van der Waals surface area contributed by atoms with Gasteiger partial charge in [-0.2, -0.15) is 0 Å². The number of amides is 1. The van der Waals surface area contributed by atoms with Crippen LogP contribution in [0.2, 0.25) is 0 Å². The summed E-state index contributed by atoms with van der Waals surface area (Å²) in [4.78, 5) is 13.9. The molecule has 0 aliphatic carbocycles. The van der Waals surface area contributed by atoms with Gasteiger partial charge in [-0.25, -0.2) is 0 Å². The van der Waals surface area contributed by atoms with Crippen molar-refractivity contribution in [2.45, 2.75) is 27.2 Å². The predicted octanol–water partition coefficient (Wildman–Crippen LogP) is 1.37. The Morgan fingerprint density at radius 2 is 1.95 bits per heavy atom. The number of nitrogens with one attached hydrogen (secondary N) is 2. The van der Waals surface area contributed by atoms with Crippen LogP contribution in [0.1, 0.15) is 37.7 Å². The van der Waals surface area contributed by atoms with Crippen LogP contribution in [0.25, 0.3) is 0 Å². The quantitative estimate of drug-likeness (QED) is 0.668.